The fourth-order valence-electron chi connectivity index (χ4n) is 2.96. The van der Waals surface area contributed by atoms with Crippen molar-refractivity contribution in [3.05, 3.63) is 0 Å². The van der Waals surface area contributed by atoms with E-state index in [1.807, 2.05) is 18.7 Å². The number of rotatable bonds is 2. The average Bonchev–Trinajstić information content (AvgIpc) is 2.62. The molecule has 5 unspecified atom stereocenters. The lowest BCUT2D eigenvalue weighted by Crippen LogP contribution is -2.53. The Kier molecular flexibility index (Phi) is 4.51. The summed E-state index contributed by atoms with van der Waals surface area (Å²) in [6, 6.07) is 0.00298. The molecule has 2 heterocycles. The lowest BCUT2D eigenvalue weighted by molar-refractivity contribution is -0.145. The monoisotopic (exact) mass is 275 g/mol. The first kappa shape index (κ1) is 14.1. The third-order valence-corrected chi connectivity index (χ3v) is 4.57. The normalized spacial score (nSPS) is 41.1. The van der Waals surface area contributed by atoms with Gasteiger partial charge in [-0.05, 0) is 19.8 Å². The molecule has 0 aliphatic carbocycles. The van der Waals surface area contributed by atoms with Gasteiger partial charge in [-0.15, -0.1) is 11.6 Å². The van der Waals surface area contributed by atoms with Crippen molar-refractivity contribution in [2.75, 3.05) is 25.6 Å². The molecule has 104 valence electrons. The van der Waals surface area contributed by atoms with Crippen LogP contribution in [0.1, 0.15) is 20.8 Å². The van der Waals surface area contributed by atoms with Crippen LogP contribution in [-0.2, 0) is 14.3 Å². The van der Waals surface area contributed by atoms with Gasteiger partial charge in [-0.1, -0.05) is 6.92 Å². The van der Waals surface area contributed by atoms with E-state index in [-0.39, 0.29) is 36.0 Å². The van der Waals surface area contributed by atoms with Crippen molar-refractivity contribution in [3.8, 4) is 0 Å². The second kappa shape index (κ2) is 5.76. The molecule has 1 amide bonds. The zero-order chi connectivity index (χ0) is 13.3. The summed E-state index contributed by atoms with van der Waals surface area (Å²) in [6.45, 7) is 7.89. The third kappa shape index (κ3) is 2.51. The van der Waals surface area contributed by atoms with Gasteiger partial charge in [0, 0.05) is 12.4 Å². The Balaban J connectivity index is 2.10. The van der Waals surface area contributed by atoms with Gasteiger partial charge in [0.15, 0.2) is 0 Å². The van der Waals surface area contributed by atoms with Crippen molar-refractivity contribution in [2.24, 2.45) is 11.8 Å². The van der Waals surface area contributed by atoms with E-state index in [1.165, 1.54) is 0 Å². The molecule has 0 aromatic carbocycles. The molecule has 18 heavy (non-hydrogen) atoms. The summed E-state index contributed by atoms with van der Waals surface area (Å²) in [6.07, 6.45) is 0.130. The first-order chi connectivity index (χ1) is 8.56. The van der Waals surface area contributed by atoms with Gasteiger partial charge in [-0.2, -0.15) is 0 Å². The molecule has 5 atom stereocenters. The van der Waals surface area contributed by atoms with Crippen LogP contribution in [-0.4, -0.2) is 54.7 Å². The summed E-state index contributed by atoms with van der Waals surface area (Å²) in [5.41, 5.74) is 0. The maximum Gasteiger partial charge on any atom is 0.229 e. The van der Waals surface area contributed by atoms with Gasteiger partial charge < -0.3 is 14.4 Å². The van der Waals surface area contributed by atoms with Crippen LogP contribution in [0.5, 0.6) is 0 Å². The maximum absolute atomic E-state index is 12.7. The van der Waals surface area contributed by atoms with Crippen molar-refractivity contribution < 1.29 is 14.3 Å². The maximum atomic E-state index is 12.7. The summed E-state index contributed by atoms with van der Waals surface area (Å²) >= 11 is 5.92. The molecule has 2 aliphatic rings. The number of morpholine rings is 1. The van der Waals surface area contributed by atoms with E-state index in [9.17, 15) is 4.79 Å². The fourth-order valence-corrected chi connectivity index (χ4v) is 3.21. The van der Waals surface area contributed by atoms with E-state index >= 15 is 0 Å². The number of carbonyl (C=O) groups is 1. The highest BCUT2D eigenvalue weighted by Gasteiger charge is 2.44. The number of hydrogen-bond donors (Lipinski definition) is 0. The SMILES string of the molecule is CC1OC(C)C(C(=O)N2CCOCC2CCl)C1C. The van der Waals surface area contributed by atoms with Crippen LogP contribution in [0.2, 0.25) is 0 Å². The topological polar surface area (TPSA) is 38.8 Å². The minimum absolute atomic E-state index is 0.00298. The Bertz CT molecular complexity index is 313. The van der Waals surface area contributed by atoms with Gasteiger partial charge in [0.25, 0.3) is 0 Å². The predicted octanol–water partition coefficient (Wildman–Crippen LogP) is 1.51. The van der Waals surface area contributed by atoms with Gasteiger partial charge in [0.1, 0.15) is 0 Å². The molecular weight excluding hydrogens is 254 g/mol. The zero-order valence-corrected chi connectivity index (χ0v) is 12.0. The number of alkyl halides is 1. The predicted molar refractivity (Wildman–Crippen MR) is 69.7 cm³/mol. The van der Waals surface area contributed by atoms with Crippen LogP contribution in [0.3, 0.4) is 0 Å². The zero-order valence-electron chi connectivity index (χ0n) is 11.3. The summed E-state index contributed by atoms with van der Waals surface area (Å²) in [5.74, 6) is 0.806. The number of nitrogens with zero attached hydrogens (tertiary/aromatic N) is 1. The Hall–Kier alpha value is -0.320. The van der Waals surface area contributed by atoms with E-state index in [0.717, 1.165) is 0 Å². The number of halogens is 1. The Morgan fingerprint density at radius 1 is 1.33 bits per heavy atom. The van der Waals surface area contributed by atoms with Crippen LogP contribution < -0.4 is 0 Å². The Morgan fingerprint density at radius 3 is 2.61 bits per heavy atom. The van der Waals surface area contributed by atoms with E-state index in [1.54, 1.807) is 0 Å². The molecule has 4 nitrogen and oxygen atoms in total. The highest BCUT2D eigenvalue weighted by molar-refractivity contribution is 6.18. The molecule has 2 fully saturated rings. The van der Waals surface area contributed by atoms with E-state index in [0.29, 0.717) is 25.6 Å². The average molecular weight is 276 g/mol. The summed E-state index contributed by atoms with van der Waals surface area (Å²) < 4.78 is 11.1. The van der Waals surface area contributed by atoms with Gasteiger partial charge in [-0.25, -0.2) is 0 Å². The largest absolute Gasteiger partial charge is 0.377 e. The Morgan fingerprint density at radius 2 is 2.06 bits per heavy atom. The van der Waals surface area contributed by atoms with E-state index in [4.69, 9.17) is 21.1 Å². The lowest BCUT2D eigenvalue weighted by Gasteiger charge is -2.37. The van der Waals surface area contributed by atoms with Gasteiger partial charge >= 0.3 is 0 Å². The molecule has 0 saturated carbocycles. The van der Waals surface area contributed by atoms with Crippen molar-refractivity contribution in [2.45, 2.75) is 39.0 Å². The molecule has 0 spiro atoms. The van der Waals surface area contributed by atoms with Gasteiger partial charge in [0.05, 0.1) is 37.4 Å². The van der Waals surface area contributed by atoms with Crippen LogP contribution in [0.25, 0.3) is 0 Å². The number of amides is 1. The summed E-state index contributed by atoms with van der Waals surface area (Å²) in [7, 11) is 0. The van der Waals surface area contributed by atoms with E-state index in [2.05, 4.69) is 6.92 Å². The molecule has 2 aliphatic heterocycles. The van der Waals surface area contributed by atoms with Crippen molar-refractivity contribution in [1.29, 1.82) is 0 Å². The molecule has 2 rings (SSSR count). The molecule has 0 aromatic rings. The van der Waals surface area contributed by atoms with Crippen LogP contribution in [0, 0.1) is 11.8 Å². The molecular formula is C13H22ClNO3. The fraction of sp³-hybridized carbons (Fsp3) is 0.923. The highest BCUT2D eigenvalue weighted by atomic mass is 35.5. The second-order valence-electron chi connectivity index (χ2n) is 5.35. The van der Waals surface area contributed by atoms with Crippen LogP contribution in [0.15, 0.2) is 0 Å². The Labute approximate surface area is 114 Å². The third-order valence-electron chi connectivity index (χ3n) is 4.22. The standard InChI is InChI=1S/C13H22ClNO3/c1-8-9(2)18-10(3)12(8)13(16)15-4-5-17-7-11(15)6-14/h8-12H,4-7H2,1-3H3. The molecule has 0 bridgehead atoms. The minimum Gasteiger partial charge on any atom is -0.377 e. The highest BCUT2D eigenvalue weighted by Crippen LogP contribution is 2.34. The smallest absolute Gasteiger partial charge is 0.229 e. The number of carbonyl (C=O) groups excluding carboxylic acids is 1. The second-order valence-corrected chi connectivity index (χ2v) is 5.65. The van der Waals surface area contributed by atoms with Gasteiger partial charge in [0.2, 0.25) is 5.91 Å². The molecule has 5 heteroatoms. The van der Waals surface area contributed by atoms with Crippen LogP contribution >= 0.6 is 11.6 Å². The number of ether oxygens (including phenoxy) is 2. The van der Waals surface area contributed by atoms with Crippen molar-refractivity contribution in [3.63, 3.8) is 0 Å². The molecule has 0 aromatic heterocycles. The van der Waals surface area contributed by atoms with Crippen molar-refractivity contribution >= 4 is 17.5 Å². The first-order valence-corrected chi connectivity index (χ1v) is 7.19. The van der Waals surface area contributed by atoms with E-state index < -0.39 is 0 Å². The van der Waals surface area contributed by atoms with Crippen molar-refractivity contribution in [1.82, 2.24) is 4.90 Å². The van der Waals surface area contributed by atoms with Crippen LogP contribution in [0.4, 0.5) is 0 Å². The number of hydrogen-bond acceptors (Lipinski definition) is 3. The molecule has 0 N–H and O–H groups in total. The molecule has 0 radical (unpaired) electrons. The molecule has 2 saturated heterocycles. The lowest BCUT2D eigenvalue weighted by atomic mass is 9.88. The quantitative estimate of drug-likeness (QED) is 0.717. The minimum atomic E-state index is -0.0520. The van der Waals surface area contributed by atoms with Gasteiger partial charge in [-0.3, -0.25) is 4.79 Å². The summed E-state index contributed by atoms with van der Waals surface area (Å²) in [4.78, 5) is 14.6. The first-order valence-electron chi connectivity index (χ1n) is 6.66. The summed E-state index contributed by atoms with van der Waals surface area (Å²) in [5, 5.41) is 0.